The van der Waals surface area contributed by atoms with Gasteiger partial charge in [0.05, 0.1) is 6.26 Å². The maximum absolute atomic E-state index is 10.7. The molecule has 56 valence electrons. The number of ether oxygens (including phenoxy) is 1. The van der Waals surface area contributed by atoms with Gasteiger partial charge in [-0.15, -0.1) is 0 Å². The third-order valence-electron chi connectivity index (χ3n) is 0.875. The van der Waals surface area contributed by atoms with Gasteiger partial charge in [0.2, 0.25) is 0 Å². The Morgan fingerprint density at radius 2 is 2.30 bits per heavy atom. The van der Waals surface area contributed by atoms with Crippen LogP contribution in [0, 0.1) is 0 Å². The molecule has 0 radical (unpaired) electrons. The van der Waals surface area contributed by atoms with Crippen molar-refractivity contribution >= 4 is 21.9 Å². The van der Waals surface area contributed by atoms with Crippen molar-refractivity contribution in [2.75, 3.05) is 5.33 Å². The molecule has 0 spiro atoms. The highest BCUT2D eigenvalue weighted by Gasteiger charge is 2.04. The predicted molar refractivity (Wildman–Crippen MR) is 43.8 cm³/mol. The summed E-state index contributed by atoms with van der Waals surface area (Å²) in [6.45, 7) is 6.76. The summed E-state index contributed by atoms with van der Waals surface area (Å²) >= 11 is 3.17. The van der Waals surface area contributed by atoms with Crippen molar-refractivity contribution in [2.24, 2.45) is 0 Å². The molecule has 0 amide bonds. The molecule has 0 bridgehead atoms. The van der Waals surface area contributed by atoms with Crippen LogP contribution in [-0.4, -0.2) is 11.3 Å². The van der Waals surface area contributed by atoms with Gasteiger partial charge in [0.1, 0.15) is 0 Å². The van der Waals surface area contributed by atoms with E-state index < -0.39 is 5.97 Å². The average molecular weight is 205 g/mol. The van der Waals surface area contributed by atoms with E-state index in [1.807, 2.05) is 0 Å². The lowest BCUT2D eigenvalue weighted by atomic mass is 10.2. The molecule has 3 heteroatoms. The third-order valence-corrected chi connectivity index (χ3v) is 1.27. The highest BCUT2D eigenvalue weighted by Crippen LogP contribution is 2.02. The van der Waals surface area contributed by atoms with E-state index in [1.54, 1.807) is 0 Å². The molecule has 0 unspecified atom stereocenters. The van der Waals surface area contributed by atoms with Gasteiger partial charge in [-0.05, 0) is 6.42 Å². The second kappa shape index (κ2) is 5.23. The second-order valence-electron chi connectivity index (χ2n) is 1.61. The summed E-state index contributed by atoms with van der Waals surface area (Å²) in [5.74, 6) is -0.408. The van der Waals surface area contributed by atoms with E-state index in [4.69, 9.17) is 0 Å². The van der Waals surface area contributed by atoms with Crippen LogP contribution in [0.3, 0.4) is 0 Å². The lowest BCUT2D eigenvalue weighted by Gasteiger charge is -1.98. The Labute approximate surface area is 68.7 Å². The minimum absolute atomic E-state index is 0.408. The molecule has 0 fully saturated rings. The van der Waals surface area contributed by atoms with E-state index in [0.29, 0.717) is 12.0 Å². The zero-order valence-corrected chi connectivity index (χ0v) is 7.19. The first-order chi connectivity index (χ1) is 4.72. The fraction of sp³-hybridized carbons (Fsp3) is 0.286. The summed E-state index contributed by atoms with van der Waals surface area (Å²) in [6.07, 6.45) is 1.70. The van der Waals surface area contributed by atoms with E-state index in [0.717, 1.165) is 11.6 Å². The van der Waals surface area contributed by atoms with Crippen molar-refractivity contribution in [3.05, 3.63) is 25.0 Å². The molecule has 0 saturated carbocycles. The number of alkyl halides is 1. The summed E-state index contributed by atoms with van der Waals surface area (Å²) in [7, 11) is 0. The van der Waals surface area contributed by atoms with Gasteiger partial charge >= 0.3 is 5.97 Å². The Morgan fingerprint density at radius 1 is 1.70 bits per heavy atom. The predicted octanol–water partition coefficient (Wildman–Crippen LogP) is 2.01. The molecule has 0 saturated heterocycles. The number of hydrogen-bond acceptors (Lipinski definition) is 2. The number of esters is 1. The summed E-state index contributed by atoms with van der Waals surface area (Å²) in [5.41, 5.74) is 0.455. The lowest BCUT2D eigenvalue weighted by Crippen LogP contribution is -2.02. The van der Waals surface area contributed by atoms with Gasteiger partial charge in [-0.2, -0.15) is 0 Å². The molecule has 0 aliphatic carbocycles. The normalized spacial score (nSPS) is 8.50. The van der Waals surface area contributed by atoms with E-state index in [2.05, 4.69) is 33.8 Å². The maximum Gasteiger partial charge on any atom is 0.338 e. The van der Waals surface area contributed by atoms with E-state index >= 15 is 0 Å². The van der Waals surface area contributed by atoms with Crippen molar-refractivity contribution in [1.29, 1.82) is 0 Å². The smallest absolute Gasteiger partial charge is 0.338 e. The van der Waals surface area contributed by atoms with E-state index in [9.17, 15) is 4.79 Å². The zero-order valence-electron chi connectivity index (χ0n) is 5.60. The van der Waals surface area contributed by atoms with Crippen LogP contribution in [0.15, 0.2) is 25.0 Å². The highest BCUT2D eigenvalue weighted by atomic mass is 79.9. The van der Waals surface area contributed by atoms with Gasteiger partial charge in [-0.25, -0.2) is 4.79 Å². The lowest BCUT2D eigenvalue weighted by molar-refractivity contribution is -0.133. The molecule has 0 N–H and O–H groups in total. The molecule has 0 aromatic rings. The molecule has 0 aliphatic rings. The standard InChI is InChI=1S/C7H9BrO2/c1-3-10-7(9)6(2)4-5-8/h3H,1-2,4-5H2. The van der Waals surface area contributed by atoms with Gasteiger partial charge in [0.25, 0.3) is 0 Å². The zero-order chi connectivity index (χ0) is 7.98. The molecule has 0 aliphatic heterocycles. The molecular formula is C7H9BrO2. The van der Waals surface area contributed by atoms with Crippen molar-refractivity contribution in [3.63, 3.8) is 0 Å². The van der Waals surface area contributed by atoms with E-state index in [1.165, 1.54) is 0 Å². The van der Waals surface area contributed by atoms with Crippen LogP contribution in [-0.2, 0) is 9.53 Å². The molecular weight excluding hydrogens is 196 g/mol. The molecule has 0 aromatic heterocycles. The maximum atomic E-state index is 10.7. The SMILES string of the molecule is C=COC(=O)C(=C)CCBr. The number of hydrogen-bond donors (Lipinski definition) is 0. The number of carbonyl (C=O) groups excluding carboxylic acids is 1. The monoisotopic (exact) mass is 204 g/mol. The fourth-order valence-electron chi connectivity index (χ4n) is 0.375. The Hall–Kier alpha value is -0.570. The van der Waals surface area contributed by atoms with Crippen LogP contribution >= 0.6 is 15.9 Å². The van der Waals surface area contributed by atoms with Gasteiger partial charge < -0.3 is 4.74 Å². The quantitative estimate of drug-likeness (QED) is 0.303. The van der Waals surface area contributed by atoms with Gasteiger partial charge in [0.15, 0.2) is 0 Å². The van der Waals surface area contributed by atoms with Crippen molar-refractivity contribution in [1.82, 2.24) is 0 Å². The Balaban J connectivity index is 3.70. The van der Waals surface area contributed by atoms with Crippen LogP contribution in [0.2, 0.25) is 0 Å². The molecule has 0 rings (SSSR count). The summed E-state index contributed by atoms with van der Waals surface area (Å²) in [6, 6.07) is 0. The number of rotatable bonds is 4. The molecule has 2 nitrogen and oxygen atoms in total. The molecule has 0 atom stereocenters. The summed E-state index contributed by atoms with van der Waals surface area (Å²) < 4.78 is 4.46. The largest absolute Gasteiger partial charge is 0.432 e. The first kappa shape index (κ1) is 9.43. The Morgan fingerprint density at radius 3 is 2.70 bits per heavy atom. The molecule has 0 aromatic carbocycles. The van der Waals surface area contributed by atoms with Crippen LogP contribution < -0.4 is 0 Å². The van der Waals surface area contributed by atoms with Crippen LogP contribution in [0.25, 0.3) is 0 Å². The van der Waals surface area contributed by atoms with Gasteiger partial charge in [-0.3, -0.25) is 0 Å². The first-order valence-electron chi connectivity index (χ1n) is 2.78. The van der Waals surface area contributed by atoms with Crippen LogP contribution in [0.1, 0.15) is 6.42 Å². The summed E-state index contributed by atoms with van der Waals surface area (Å²) in [5, 5.41) is 0.720. The van der Waals surface area contributed by atoms with Crippen molar-refractivity contribution in [3.8, 4) is 0 Å². The Kier molecular flexibility index (Phi) is 4.94. The first-order valence-corrected chi connectivity index (χ1v) is 3.90. The second-order valence-corrected chi connectivity index (χ2v) is 2.41. The number of carbonyl (C=O) groups is 1. The summed E-state index contributed by atoms with van der Waals surface area (Å²) in [4.78, 5) is 10.7. The average Bonchev–Trinajstić information content (AvgIpc) is 1.89. The van der Waals surface area contributed by atoms with Crippen molar-refractivity contribution < 1.29 is 9.53 Å². The molecule has 10 heavy (non-hydrogen) atoms. The van der Waals surface area contributed by atoms with E-state index in [-0.39, 0.29) is 0 Å². The minimum atomic E-state index is -0.408. The van der Waals surface area contributed by atoms with Crippen molar-refractivity contribution in [2.45, 2.75) is 6.42 Å². The Bertz CT molecular complexity index is 152. The third kappa shape index (κ3) is 3.45. The number of halogens is 1. The molecule has 0 heterocycles. The topological polar surface area (TPSA) is 26.3 Å². The van der Waals surface area contributed by atoms with Crippen LogP contribution in [0.5, 0.6) is 0 Å². The minimum Gasteiger partial charge on any atom is -0.432 e. The van der Waals surface area contributed by atoms with Gasteiger partial charge in [0, 0.05) is 10.9 Å². The fourth-order valence-corrected chi connectivity index (χ4v) is 0.854. The highest BCUT2D eigenvalue weighted by molar-refractivity contribution is 9.09. The van der Waals surface area contributed by atoms with Gasteiger partial charge in [-0.1, -0.05) is 29.1 Å². The van der Waals surface area contributed by atoms with Crippen LogP contribution in [0.4, 0.5) is 0 Å².